The van der Waals surface area contributed by atoms with Gasteiger partial charge in [-0.3, -0.25) is 4.90 Å². The summed E-state index contributed by atoms with van der Waals surface area (Å²) >= 11 is 0. The monoisotopic (exact) mass is 558 g/mol. The highest BCUT2D eigenvalue weighted by Crippen LogP contribution is 2.41. The molecule has 1 aromatic rings. The number of anilines is 1. The summed E-state index contributed by atoms with van der Waals surface area (Å²) in [6.45, 7) is 2.95. The Balaban J connectivity index is 0.000000317. The molecule has 4 fully saturated rings. The number of benzene rings is 1. The van der Waals surface area contributed by atoms with Crippen LogP contribution in [0.2, 0.25) is 0 Å². The second-order valence-corrected chi connectivity index (χ2v) is 12.6. The Morgan fingerprint density at radius 1 is 1.16 bits per heavy atom. The van der Waals surface area contributed by atoms with Crippen LogP contribution in [0.25, 0.3) is 0 Å². The molecule has 1 aromatic carbocycles. The number of carboxylic acid groups (broad SMARTS) is 1. The van der Waals surface area contributed by atoms with Crippen molar-refractivity contribution in [2.45, 2.75) is 79.0 Å². The molecule has 0 aromatic heterocycles. The number of rotatable bonds is 6. The fraction of sp³-hybridized carbons (Fsp3) is 0.680. The molecule has 1 heterocycles. The highest BCUT2D eigenvalue weighted by atomic mass is 32.2. The first-order chi connectivity index (χ1) is 17.9. The van der Waals surface area contributed by atoms with Gasteiger partial charge in [0.2, 0.25) is 0 Å². The lowest BCUT2D eigenvalue weighted by atomic mass is 10.1. The second kappa shape index (κ2) is 10.9. The predicted octanol–water partition coefficient (Wildman–Crippen LogP) is 3.64. The third kappa shape index (κ3) is 6.52. The number of nitrogens with one attached hydrogen (secondary N) is 1. The fourth-order valence-corrected chi connectivity index (χ4v) is 7.15. The standard InChI is InChI=1S/C20H27F3N2O3S.C5H6N2O2/c1-28-16-5-6-17(13-16)29(26,27)19-7-4-15(12-18(19)20(21,22)23)25-10-8-24(9-11-25)14-2-3-14;6-3-5(1-2-5)7-4(8)9/h4,7,12,14,16-17H,2-3,5-6,8-11,13H2,1H3;7H,1-2H2,(H,8,9)/t16-,17-;/m0./s1. The van der Waals surface area contributed by atoms with E-state index in [9.17, 15) is 26.4 Å². The van der Waals surface area contributed by atoms with E-state index in [2.05, 4.69) is 10.2 Å². The van der Waals surface area contributed by atoms with Crippen molar-refractivity contribution in [2.75, 3.05) is 38.2 Å². The lowest BCUT2D eigenvalue weighted by molar-refractivity contribution is -0.139. The number of hydrogen-bond donors (Lipinski definition) is 2. The molecule has 3 aliphatic carbocycles. The SMILES string of the molecule is CO[C@H]1CC[C@H](S(=O)(=O)c2ccc(N3CCN(C4CC4)CC3)cc2C(F)(F)F)C1.N#CC1(NC(=O)O)CC1. The number of halogens is 3. The van der Waals surface area contributed by atoms with Crippen LogP contribution in [0, 0.1) is 11.3 Å². The van der Waals surface area contributed by atoms with Crippen molar-refractivity contribution >= 4 is 21.6 Å². The number of piperazine rings is 1. The Bertz CT molecular complexity index is 1170. The summed E-state index contributed by atoms with van der Waals surface area (Å²) in [7, 11) is -2.58. The smallest absolute Gasteiger partial charge is 0.417 e. The molecule has 1 saturated heterocycles. The van der Waals surface area contributed by atoms with Gasteiger partial charge in [0.15, 0.2) is 9.84 Å². The summed E-state index contributed by atoms with van der Waals surface area (Å²) in [5.41, 5.74) is -1.35. The van der Waals surface area contributed by atoms with Crippen LogP contribution < -0.4 is 10.2 Å². The van der Waals surface area contributed by atoms with Crippen LogP contribution >= 0.6 is 0 Å². The maximum atomic E-state index is 13.8. The number of amides is 1. The molecule has 210 valence electrons. The van der Waals surface area contributed by atoms with Crippen molar-refractivity contribution in [3.63, 3.8) is 0 Å². The van der Waals surface area contributed by atoms with Crippen LogP contribution in [0.3, 0.4) is 0 Å². The molecule has 38 heavy (non-hydrogen) atoms. The zero-order valence-corrected chi connectivity index (χ0v) is 22.0. The van der Waals surface area contributed by atoms with E-state index in [4.69, 9.17) is 15.1 Å². The van der Waals surface area contributed by atoms with Crippen molar-refractivity contribution in [3.8, 4) is 6.07 Å². The van der Waals surface area contributed by atoms with E-state index in [-0.39, 0.29) is 12.5 Å². The van der Waals surface area contributed by atoms with Gasteiger partial charge >= 0.3 is 12.3 Å². The molecule has 1 aliphatic heterocycles. The van der Waals surface area contributed by atoms with Gasteiger partial charge in [-0.25, -0.2) is 13.2 Å². The first kappa shape index (κ1) is 28.4. The Hall–Kier alpha value is -2.56. The highest BCUT2D eigenvalue weighted by Gasteiger charge is 2.45. The summed E-state index contributed by atoms with van der Waals surface area (Å²) < 4.78 is 72.6. The quantitative estimate of drug-likeness (QED) is 0.543. The number of nitriles is 1. The molecule has 3 saturated carbocycles. The third-order valence-corrected chi connectivity index (χ3v) is 10.0. The molecule has 0 bridgehead atoms. The molecule has 9 nitrogen and oxygen atoms in total. The zero-order valence-electron chi connectivity index (χ0n) is 21.2. The molecular weight excluding hydrogens is 525 g/mol. The molecule has 0 unspecified atom stereocenters. The van der Waals surface area contributed by atoms with Gasteiger partial charge in [0, 0.05) is 45.0 Å². The molecule has 4 aliphatic rings. The first-order valence-electron chi connectivity index (χ1n) is 12.8. The van der Waals surface area contributed by atoms with Gasteiger partial charge in [0.25, 0.3) is 0 Å². The van der Waals surface area contributed by atoms with Crippen molar-refractivity contribution in [1.29, 1.82) is 5.26 Å². The minimum absolute atomic E-state index is 0.217. The van der Waals surface area contributed by atoms with Crippen LogP contribution in [0.5, 0.6) is 0 Å². The summed E-state index contributed by atoms with van der Waals surface area (Å²) in [5, 5.41) is 17.8. The third-order valence-electron chi connectivity index (χ3n) is 7.74. The minimum atomic E-state index is -4.73. The van der Waals surface area contributed by atoms with Crippen molar-refractivity contribution < 1.29 is 36.2 Å². The predicted molar refractivity (Wildman–Crippen MR) is 133 cm³/mol. The lowest BCUT2D eigenvalue weighted by Crippen LogP contribution is -2.47. The fourth-order valence-electron chi connectivity index (χ4n) is 5.14. The van der Waals surface area contributed by atoms with E-state index in [1.54, 1.807) is 0 Å². The molecule has 1 amide bonds. The van der Waals surface area contributed by atoms with E-state index in [1.807, 2.05) is 11.0 Å². The minimum Gasteiger partial charge on any atom is -0.465 e. The van der Waals surface area contributed by atoms with Crippen molar-refractivity contribution in [2.24, 2.45) is 0 Å². The first-order valence-corrected chi connectivity index (χ1v) is 14.3. The number of carbonyl (C=O) groups is 1. The Kier molecular flexibility index (Phi) is 8.16. The van der Waals surface area contributed by atoms with Gasteiger partial charge < -0.3 is 20.1 Å². The van der Waals surface area contributed by atoms with Gasteiger partial charge in [0.05, 0.1) is 27.9 Å². The molecule has 0 spiro atoms. The van der Waals surface area contributed by atoms with Gasteiger partial charge in [-0.2, -0.15) is 18.4 Å². The number of nitrogens with zero attached hydrogens (tertiary/aromatic N) is 3. The number of methoxy groups -OCH3 is 1. The van der Waals surface area contributed by atoms with Gasteiger partial charge in [-0.05, 0) is 63.1 Å². The van der Waals surface area contributed by atoms with E-state index in [0.29, 0.717) is 50.5 Å². The van der Waals surface area contributed by atoms with E-state index in [0.717, 1.165) is 25.2 Å². The van der Waals surface area contributed by atoms with Crippen molar-refractivity contribution in [1.82, 2.24) is 10.2 Å². The number of hydrogen-bond acceptors (Lipinski definition) is 7. The molecule has 13 heteroatoms. The summed E-state index contributed by atoms with van der Waals surface area (Å²) in [6.07, 6.45) is -1.25. The van der Waals surface area contributed by atoms with Gasteiger partial charge in [0.1, 0.15) is 5.54 Å². The van der Waals surface area contributed by atoms with Gasteiger partial charge in [-0.15, -0.1) is 0 Å². The van der Waals surface area contributed by atoms with E-state index >= 15 is 0 Å². The molecule has 0 radical (unpaired) electrons. The summed E-state index contributed by atoms with van der Waals surface area (Å²) in [4.78, 5) is 13.6. The Morgan fingerprint density at radius 2 is 1.82 bits per heavy atom. The molecule has 2 N–H and O–H groups in total. The summed E-state index contributed by atoms with van der Waals surface area (Å²) in [5.74, 6) is 0. The van der Waals surface area contributed by atoms with E-state index in [1.165, 1.54) is 26.0 Å². The van der Waals surface area contributed by atoms with Crippen LogP contribution in [0.1, 0.15) is 50.5 Å². The second-order valence-electron chi connectivity index (χ2n) is 10.4. The van der Waals surface area contributed by atoms with Crippen LogP contribution in [-0.4, -0.2) is 80.7 Å². The molecule has 2 atom stereocenters. The Labute approximate surface area is 220 Å². The molecular formula is C25H33F3N4O5S. The maximum absolute atomic E-state index is 13.8. The van der Waals surface area contributed by atoms with Gasteiger partial charge in [-0.1, -0.05) is 0 Å². The zero-order chi connectivity index (χ0) is 27.7. The summed E-state index contributed by atoms with van der Waals surface area (Å²) in [6, 6.07) is 6.22. The van der Waals surface area contributed by atoms with Crippen LogP contribution in [0.4, 0.5) is 23.7 Å². The Morgan fingerprint density at radius 3 is 2.26 bits per heavy atom. The topological polar surface area (TPSA) is 123 Å². The van der Waals surface area contributed by atoms with Crippen LogP contribution in [0.15, 0.2) is 23.1 Å². The normalized spacial score (nSPS) is 25.2. The van der Waals surface area contributed by atoms with E-state index < -0.39 is 43.4 Å². The number of ether oxygens (including phenoxy) is 1. The number of alkyl halides is 3. The maximum Gasteiger partial charge on any atom is 0.417 e. The highest BCUT2D eigenvalue weighted by molar-refractivity contribution is 7.92. The largest absolute Gasteiger partial charge is 0.465 e. The average molecular weight is 559 g/mol. The molecule has 5 rings (SSSR count). The number of sulfone groups is 1. The van der Waals surface area contributed by atoms with Crippen LogP contribution in [-0.2, 0) is 20.8 Å². The van der Waals surface area contributed by atoms with Crippen molar-refractivity contribution in [3.05, 3.63) is 23.8 Å². The average Bonchev–Trinajstić information content (AvgIpc) is 3.81. The lowest BCUT2D eigenvalue weighted by Gasteiger charge is -2.36.